The fraction of sp³-hybridized carbons (Fsp3) is 0.450. The topological polar surface area (TPSA) is 133 Å². The van der Waals surface area contributed by atoms with Crippen LogP contribution >= 0.6 is 0 Å². The highest BCUT2D eigenvalue weighted by Crippen LogP contribution is 2.21. The molecule has 1 aromatic carbocycles. The molecule has 29 heavy (non-hydrogen) atoms. The molecule has 156 valence electrons. The number of hydroxylamine groups is 1. The van der Waals surface area contributed by atoms with Gasteiger partial charge in [0, 0.05) is 25.2 Å². The Hall–Kier alpha value is -3.09. The number of aliphatic imine (C=N–C) groups is 1. The number of hydrogen-bond donors (Lipinski definition) is 3. The summed E-state index contributed by atoms with van der Waals surface area (Å²) in [6, 6.07) is 7.11. The first-order valence-corrected chi connectivity index (χ1v) is 9.58. The Morgan fingerprint density at radius 2 is 2.07 bits per heavy atom. The van der Waals surface area contributed by atoms with Gasteiger partial charge in [0.25, 0.3) is 5.91 Å². The van der Waals surface area contributed by atoms with Crippen LogP contribution in [0.15, 0.2) is 34.6 Å². The fourth-order valence-electron chi connectivity index (χ4n) is 2.94. The number of nitrogens with two attached hydrogens (primary N) is 2. The van der Waals surface area contributed by atoms with E-state index in [2.05, 4.69) is 28.5 Å². The Kier molecular flexibility index (Phi) is 8.00. The van der Waals surface area contributed by atoms with Gasteiger partial charge in [-0.1, -0.05) is 6.07 Å². The average Bonchev–Trinajstić information content (AvgIpc) is 2.92. The van der Waals surface area contributed by atoms with Crippen molar-refractivity contribution in [2.45, 2.75) is 20.3 Å². The van der Waals surface area contributed by atoms with Gasteiger partial charge in [-0.05, 0) is 51.6 Å². The molecule has 1 heterocycles. The molecular formula is C20H29N7O2. The van der Waals surface area contributed by atoms with E-state index in [-0.39, 0.29) is 17.3 Å². The molecule has 9 heteroatoms. The molecule has 0 spiro atoms. The van der Waals surface area contributed by atoms with Crippen molar-refractivity contribution < 1.29 is 9.63 Å². The minimum atomic E-state index is -0.383. The number of hydrogen-bond acceptors (Lipinski definition) is 7. The molecule has 1 aromatic rings. The number of aryl methyl sites for hydroxylation is 1. The lowest BCUT2D eigenvalue weighted by molar-refractivity contribution is 0.0364. The summed E-state index contributed by atoms with van der Waals surface area (Å²) in [6.45, 7) is 7.27. The van der Waals surface area contributed by atoms with Crippen LogP contribution in [-0.2, 0) is 4.84 Å². The molecule has 0 unspecified atom stereocenters. The summed E-state index contributed by atoms with van der Waals surface area (Å²) in [5.41, 5.74) is 16.6. The summed E-state index contributed by atoms with van der Waals surface area (Å²) in [5, 5.41) is 9.64. The zero-order valence-corrected chi connectivity index (χ0v) is 17.2. The van der Waals surface area contributed by atoms with E-state index in [0.717, 1.165) is 31.6 Å². The minimum absolute atomic E-state index is 0.0214. The Morgan fingerprint density at radius 3 is 2.76 bits per heavy atom. The van der Waals surface area contributed by atoms with E-state index in [0.29, 0.717) is 30.2 Å². The highest BCUT2D eigenvalue weighted by atomic mass is 16.6. The first-order valence-electron chi connectivity index (χ1n) is 9.58. The Labute approximate surface area is 171 Å². The van der Waals surface area contributed by atoms with Gasteiger partial charge in [-0.15, -0.1) is 0 Å². The molecule has 0 bridgehead atoms. The van der Waals surface area contributed by atoms with E-state index in [1.54, 1.807) is 25.1 Å². The van der Waals surface area contributed by atoms with E-state index in [1.807, 2.05) is 11.8 Å². The number of likely N-dealkylation sites (N-methyl/N-ethyl adjacent to an activating group) is 1. The number of carbonyl (C=O) groups is 1. The van der Waals surface area contributed by atoms with Gasteiger partial charge in [-0.2, -0.15) is 5.26 Å². The van der Waals surface area contributed by atoms with Crippen molar-refractivity contribution in [1.82, 2.24) is 15.3 Å². The van der Waals surface area contributed by atoms with Gasteiger partial charge in [0.1, 0.15) is 23.3 Å². The van der Waals surface area contributed by atoms with Gasteiger partial charge in [0.15, 0.2) is 0 Å². The lowest BCUT2D eigenvalue weighted by Gasteiger charge is -2.23. The van der Waals surface area contributed by atoms with Crippen molar-refractivity contribution in [2.24, 2.45) is 16.5 Å². The summed E-state index contributed by atoms with van der Waals surface area (Å²) in [4.78, 5) is 25.6. The van der Waals surface area contributed by atoms with Crippen molar-refractivity contribution in [3.63, 3.8) is 0 Å². The molecule has 0 saturated carbocycles. The van der Waals surface area contributed by atoms with Gasteiger partial charge in [-0.3, -0.25) is 9.63 Å². The van der Waals surface area contributed by atoms with Gasteiger partial charge >= 0.3 is 0 Å². The molecule has 0 radical (unpaired) electrons. The van der Waals surface area contributed by atoms with Crippen LogP contribution in [0.25, 0.3) is 0 Å². The third-order valence-electron chi connectivity index (χ3n) is 4.71. The van der Waals surface area contributed by atoms with E-state index in [9.17, 15) is 10.1 Å². The van der Waals surface area contributed by atoms with Crippen LogP contribution in [0, 0.1) is 18.3 Å². The lowest BCUT2D eigenvalue weighted by atomic mass is 10.1. The van der Waals surface area contributed by atoms with Crippen LogP contribution in [0.1, 0.15) is 29.3 Å². The quantitative estimate of drug-likeness (QED) is 0.281. The van der Waals surface area contributed by atoms with Crippen LogP contribution in [0.3, 0.4) is 0 Å². The van der Waals surface area contributed by atoms with E-state index in [1.165, 1.54) is 0 Å². The molecule has 9 nitrogen and oxygen atoms in total. The van der Waals surface area contributed by atoms with Gasteiger partial charge in [0.05, 0.1) is 12.3 Å². The second-order valence-corrected chi connectivity index (χ2v) is 6.88. The number of nitrogens with zero attached hydrogens (tertiary/aromatic N) is 4. The smallest absolute Gasteiger partial charge is 0.274 e. The van der Waals surface area contributed by atoms with Gasteiger partial charge < -0.3 is 21.3 Å². The third kappa shape index (κ3) is 5.94. The SMILES string of the molecule is CCONC(=O)c1ccc(C)c(N=C(N)/C(C#N)=C(\N)N2CCCN(C)CC2)c1. The van der Waals surface area contributed by atoms with E-state index < -0.39 is 0 Å². The Morgan fingerprint density at radius 1 is 1.31 bits per heavy atom. The molecule has 5 N–H and O–H groups in total. The normalized spacial score (nSPS) is 16.6. The third-order valence-corrected chi connectivity index (χ3v) is 4.71. The molecule has 0 atom stereocenters. The monoisotopic (exact) mass is 399 g/mol. The van der Waals surface area contributed by atoms with Crippen molar-refractivity contribution in [3.05, 3.63) is 40.7 Å². The first-order chi connectivity index (χ1) is 13.9. The van der Waals surface area contributed by atoms with E-state index >= 15 is 0 Å². The maximum absolute atomic E-state index is 12.1. The second-order valence-electron chi connectivity index (χ2n) is 6.88. The molecule has 1 saturated heterocycles. The van der Waals surface area contributed by atoms with Crippen molar-refractivity contribution >= 4 is 17.4 Å². The molecule has 1 aliphatic rings. The highest BCUT2D eigenvalue weighted by Gasteiger charge is 2.18. The minimum Gasteiger partial charge on any atom is -0.384 e. The summed E-state index contributed by atoms with van der Waals surface area (Å²) < 4.78 is 0. The summed E-state index contributed by atoms with van der Waals surface area (Å²) in [7, 11) is 2.06. The number of rotatable bonds is 6. The molecule has 0 aliphatic carbocycles. The lowest BCUT2D eigenvalue weighted by Crippen LogP contribution is -2.34. The van der Waals surface area contributed by atoms with Crippen LogP contribution < -0.4 is 16.9 Å². The van der Waals surface area contributed by atoms with Gasteiger partial charge in [-0.25, -0.2) is 10.5 Å². The van der Waals surface area contributed by atoms with Crippen molar-refractivity contribution in [3.8, 4) is 6.07 Å². The van der Waals surface area contributed by atoms with Crippen LogP contribution in [0.4, 0.5) is 5.69 Å². The predicted octanol–water partition coefficient (Wildman–Crippen LogP) is 0.996. The number of carbonyl (C=O) groups excluding carboxylic acids is 1. The van der Waals surface area contributed by atoms with Crippen LogP contribution in [0.2, 0.25) is 0 Å². The molecule has 0 aromatic heterocycles. The molecule has 1 aliphatic heterocycles. The van der Waals surface area contributed by atoms with E-state index in [4.69, 9.17) is 16.3 Å². The molecule has 1 amide bonds. The zero-order chi connectivity index (χ0) is 21.4. The standard InChI is InChI=1S/C20H29N7O2/c1-4-29-25-20(28)15-7-6-14(2)17(12-15)24-18(22)16(13-21)19(23)27-9-5-8-26(3)10-11-27/h6-7,12H,4-5,8-11,23H2,1-3H3,(H2,22,24)(H,25,28)/b19-16+. The molecule has 1 fully saturated rings. The number of nitrogens with one attached hydrogen (secondary N) is 1. The van der Waals surface area contributed by atoms with Crippen molar-refractivity contribution in [2.75, 3.05) is 39.8 Å². The van der Waals surface area contributed by atoms with Crippen LogP contribution in [-0.4, -0.2) is 61.4 Å². The number of amides is 1. The second kappa shape index (κ2) is 10.5. The first kappa shape index (κ1) is 22.2. The zero-order valence-electron chi connectivity index (χ0n) is 17.2. The fourth-order valence-corrected chi connectivity index (χ4v) is 2.94. The molecular weight excluding hydrogens is 370 g/mol. The van der Waals surface area contributed by atoms with Crippen molar-refractivity contribution in [1.29, 1.82) is 5.26 Å². The highest BCUT2D eigenvalue weighted by molar-refractivity contribution is 6.03. The largest absolute Gasteiger partial charge is 0.384 e. The summed E-state index contributed by atoms with van der Waals surface area (Å²) in [6.07, 6.45) is 0.947. The Balaban J connectivity index is 2.32. The van der Waals surface area contributed by atoms with Crippen LogP contribution in [0.5, 0.6) is 0 Å². The van der Waals surface area contributed by atoms with Gasteiger partial charge in [0.2, 0.25) is 0 Å². The predicted molar refractivity (Wildman–Crippen MR) is 112 cm³/mol. The Bertz CT molecular complexity index is 842. The number of benzene rings is 1. The number of amidine groups is 1. The molecule has 2 rings (SSSR count). The number of nitriles is 1. The average molecular weight is 399 g/mol. The maximum atomic E-state index is 12.1. The maximum Gasteiger partial charge on any atom is 0.274 e. The summed E-state index contributed by atoms with van der Waals surface area (Å²) >= 11 is 0. The summed E-state index contributed by atoms with van der Waals surface area (Å²) in [5.74, 6) is -0.0360.